The molecule has 0 N–H and O–H groups in total. The number of thioether (sulfide) groups is 1. The molecule has 0 radical (unpaired) electrons. The van der Waals surface area contributed by atoms with Crippen molar-refractivity contribution in [3.05, 3.63) is 28.7 Å². The largest absolute Gasteiger partial charge is 0.274 e. The third-order valence-electron chi connectivity index (χ3n) is 2.57. The number of halogens is 1. The summed E-state index contributed by atoms with van der Waals surface area (Å²) in [4.78, 5) is 25.3. The van der Waals surface area contributed by atoms with Gasteiger partial charge in [0.1, 0.15) is 0 Å². The summed E-state index contributed by atoms with van der Waals surface area (Å²) in [5.41, 5.74) is 0.640. The van der Waals surface area contributed by atoms with Gasteiger partial charge in [-0.25, -0.2) is 4.90 Å². The molecule has 2 amide bonds. The van der Waals surface area contributed by atoms with Gasteiger partial charge in [-0.05, 0) is 33.8 Å². The van der Waals surface area contributed by atoms with Gasteiger partial charge in [0.25, 0.3) is 0 Å². The number of para-hydroxylation sites is 1. The summed E-state index contributed by atoms with van der Waals surface area (Å²) in [5, 5.41) is -0.223. The van der Waals surface area contributed by atoms with Crippen LogP contribution in [-0.4, -0.2) is 22.8 Å². The highest BCUT2D eigenvalue weighted by Crippen LogP contribution is 2.33. The van der Waals surface area contributed by atoms with E-state index in [2.05, 4.69) is 15.9 Å². The molecule has 1 heterocycles. The SMILES string of the molecule is CCSC1CC(=O)N(c2ccccc2Br)C1=O. The van der Waals surface area contributed by atoms with E-state index in [9.17, 15) is 9.59 Å². The van der Waals surface area contributed by atoms with Crippen molar-refractivity contribution in [1.29, 1.82) is 0 Å². The van der Waals surface area contributed by atoms with Gasteiger partial charge < -0.3 is 0 Å². The molecule has 1 aromatic carbocycles. The highest BCUT2D eigenvalue weighted by atomic mass is 79.9. The molecule has 1 atom stereocenters. The lowest BCUT2D eigenvalue weighted by atomic mass is 10.3. The average Bonchev–Trinajstić information content (AvgIpc) is 2.57. The Morgan fingerprint density at radius 2 is 2.12 bits per heavy atom. The fourth-order valence-corrected chi connectivity index (χ4v) is 3.19. The molecule has 1 saturated heterocycles. The van der Waals surface area contributed by atoms with E-state index < -0.39 is 0 Å². The summed E-state index contributed by atoms with van der Waals surface area (Å²) in [7, 11) is 0. The van der Waals surface area contributed by atoms with Crippen LogP contribution in [0.4, 0.5) is 5.69 Å². The molecule has 0 aliphatic carbocycles. The summed E-state index contributed by atoms with van der Waals surface area (Å²) < 4.78 is 0.767. The summed E-state index contributed by atoms with van der Waals surface area (Å²) in [6.45, 7) is 1.99. The third kappa shape index (κ3) is 2.40. The Hall–Kier alpha value is -0.810. The van der Waals surface area contributed by atoms with E-state index >= 15 is 0 Å². The summed E-state index contributed by atoms with van der Waals surface area (Å²) in [5.74, 6) is 0.620. The molecule has 1 aromatic rings. The van der Waals surface area contributed by atoms with Gasteiger partial charge in [-0.1, -0.05) is 19.1 Å². The number of benzene rings is 1. The molecule has 0 saturated carbocycles. The minimum atomic E-state index is -0.223. The summed E-state index contributed by atoms with van der Waals surface area (Å²) in [6.07, 6.45) is 0.304. The first kappa shape index (κ1) is 12.6. The van der Waals surface area contributed by atoms with Crippen LogP contribution in [0.3, 0.4) is 0 Å². The van der Waals surface area contributed by atoms with Gasteiger partial charge in [-0.2, -0.15) is 0 Å². The first-order chi connectivity index (χ1) is 8.15. The molecule has 0 aromatic heterocycles. The van der Waals surface area contributed by atoms with Crippen LogP contribution < -0.4 is 4.90 Å². The van der Waals surface area contributed by atoms with E-state index in [-0.39, 0.29) is 17.1 Å². The molecule has 1 aliphatic rings. The van der Waals surface area contributed by atoms with Crippen molar-refractivity contribution < 1.29 is 9.59 Å². The third-order valence-corrected chi connectivity index (χ3v) is 4.34. The van der Waals surface area contributed by atoms with Crippen LogP contribution in [0.1, 0.15) is 13.3 Å². The van der Waals surface area contributed by atoms with Crippen LogP contribution in [0.2, 0.25) is 0 Å². The maximum atomic E-state index is 12.1. The van der Waals surface area contributed by atoms with Gasteiger partial charge >= 0.3 is 0 Å². The molecule has 3 nitrogen and oxygen atoms in total. The van der Waals surface area contributed by atoms with Crippen LogP contribution >= 0.6 is 27.7 Å². The zero-order chi connectivity index (χ0) is 12.4. The quantitative estimate of drug-likeness (QED) is 0.805. The number of nitrogens with zero attached hydrogens (tertiary/aromatic N) is 1. The minimum Gasteiger partial charge on any atom is -0.274 e. The Balaban J connectivity index is 2.31. The zero-order valence-corrected chi connectivity index (χ0v) is 11.8. The fraction of sp³-hybridized carbons (Fsp3) is 0.333. The minimum absolute atomic E-state index is 0.103. The highest BCUT2D eigenvalue weighted by Gasteiger charge is 2.39. The number of anilines is 1. The van der Waals surface area contributed by atoms with Crippen LogP contribution in [0.25, 0.3) is 0 Å². The van der Waals surface area contributed by atoms with Gasteiger partial charge in [-0.3, -0.25) is 9.59 Å². The predicted octanol–water partition coefficient (Wildman–Crippen LogP) is 2.83. The van der Waals surface area contributed by atoms with Crippen LogP contribution in [0.15, 0.2) is 28.7 Å². The smallest absolute Gasteiger partial charge is 0.247 e. The van der Waals surface area contributed by atoms with Crippen molar-refractivity contribution in [1.82, 2.24) is 0 Å². The Kier molecular flexibility index (Phi) is 3.89. The Morgan fingerprint density at radius 1 is 1.41 bits per heavy atom. The monoisotopic (exact) mass is 313 g/mol. The van der Waals surface area contributed by atoms with Gasteiger partial charge in [0.2, 0.25) is 11.8 Å². The van der Waals surface area contributed by atoms with E-state index in [1.54, 1.807) is 6.07 Å². The van der Waals surface area contributed by atoms with E-state index in [1.807, 2.05) is 25.1 Å². The van der Waals surface area contributed by atoms with Gasteiger partial charge in [0.05, 0.1) is 10.9 Å². The summed E-state index contributed by atoms with van der Waals surface area (Å²) in [6, 6.07) is 7.28. The number of imide groups is 1. The van der Waals surface area contributed by atoms with Crippen LogP contribution in [0, 0.1) is 0 Å². The van der Waals surface area contributed by atoms with Crippen molar-refractivity contribution in [3.63, 3.8) is 0 Å². The molecule has 1 aliphatic heterocycles. The van der Waals surface area contributed by atoms with Crippen molar-refractivity contribution in [2.24, 2.45) is 0 Å². The molecular formula is C12H12BrNO2S. The average molecular weight is 314 g/mol. The molecule has 17 heavy (non-hydrogen) atoms. The lowest BCUT2D eigenvalue weighted by molar-refractivity contribution is -0.121. The topological polar surface area (TPSA) is 37.4 Å². The molecule has 90 valence electrons. The van der Waals surface area contributed by atoms with E-state index in [0.717, 1.165) is 10.2 Å². The van der Waals surface area contributed by atoms with Gasteiger partial charge in [-0.15, -0.1) is 11.8 Å². The normalized spacial score (nSPS) is 20.1. The number of carbonyl (C=O) groups excluding carboxylic acids is 2. The summed E-state index contributed by atoms with van der Waals surface area (Å²) >= 11 is 4.89. The molecule has 5 heteroatoms. The maximum Gasteiger partial charge on any atom is 0.247 e. The molecular weight excluding hydrogens is 302 g/mol. The second-order valence-electron chi connectivity index (χ2n) is 3.67. The Morgan fingerprint density at radius 3 is 2.76 bits per heavy atom. The molecule has 0 bridgehead atoms. The molecule has 1 unspecified atom stereocenters. The molecule has 0 spiro atoms. The Bertz CT molecular complexity index is 464. The standard InChI is InChI=1S/C12H12BrNO2S/c1-2-17-10-7-11(15)14(12(10)16)9-6-4-3-5-8(9)13/h3-6,10H,2,7H2,1H3. The van der Waals surface area contributed by atoms with Crippen LogP contribution in [0.5, 0.6) is 0 Å². The molecule has 2 rings (SSSR count). The van der Waals surface area contributed by atoms with Gasteiger partial charge in [0.15, 0.2) is 0 Å². The maximum absolute atomic E-state index is 12.1. The van der Waals surface area contributed by atoms with E-state index in [4.69, 9.17) is 0 Å². The predicted molar refractivity (Wildman–Crippen MR) is 73.2 cm³/mol. The van der Waals surface area contributed by atoms with E-state index in [1.165, 1.54) is 16.7 Å². The number of amides is 2. The lowest BCUT2D eigenvalue weighted by Crippen LogP contribution is -2.31. The fourth-order valence-electron chi connectivity index (χ4n) is 1.82. The number of hydrogen-bond donors (Lipinski definition) is 0. The van der Waals surface area contributed by atoms with Crippen molar-refractivity contribution in [3.8, 4) is 0 Å². The van der Waals surface area contributed by atoms with Crippen molar-refractivity contribution >= 4 is 45.2 Å². The zero-order valence-electron chi connectivity index (χ0n) is 9.35. The number of hydrogen-bond acceptors (Lipinski definition) is 3. The second-order valence-corrected chi connectivity index (χ2v) is 6.00. The highest BCUT2D eigenvalue weighted by molar-refractivity contribution is 9.10. The first-order valence-corrected chi connectivity index (χ1v) is 7.22. The second kappa shape index (κ2) is 5.23. The first-order valence-electron chi connectivity index (χ1n) is 5.38. The lowest BCUT2D eigenvalue weighted by Gasteiger charge is -2.16. The number of rotatable bonds is 3. The molecule has 1 fully saturated rings. The van der Waals surface area contributed by atoms with E-state index in [0.29, 0.717) is 12.1 Å². The van der Waals surface area contributed by atoms with Crippen molar-refractivity contribution in [2.45, 2.75) is 18.6 Å². The van der Waals surface area contributed by atoms with Crippen molar-refractivity contribution in [2.75, 3.05) is 10.7 Å². The van der Waals surface area contributed by atoms with Gasteiger partial charge in [0, 0.05) is 10.9 Å². The number of carbonyl (C=O) groups is 2. The Labute approximate surface area is 113 Å². The van der Waals surface area contributed by atoms with Crippen LogP contribution in [-0.2, 0) is 9.59 Å².